The lowest BCUT2D eigenvalue weighted by atomic mass is 9.93. The Hall–Kier alpha value is -0.930. The van der Waals surface area contributed by atoms with E-state index in [1.807, 2.05) is 24.4 Å². The summed E-state index contributed by atoms with van der Waals surface area (Å²) in [7, 11) is 0. The van der Waals surface area contributed by atoms with Gasteiger partial charge in [-0.3, -0.25) is 4.98 Å². The summed E-state index contributed by atoms with van der Waals surface area (Å²) in [5, 5.41) is 12.4. The Morgan fingerprint density at radius 1 is 1.46 bits per heavy atom. The van der Waals surface area contributed by atoms with Crippen molar-refractivity contribution in [2.75, 3.05) is 19.7 Å². The second-order valence-electron chi connectivity index (χ2n) is 3.46. The molecule has 2 heterocycles. The molecule has 0 spiro atoms. The Morgan fingerprint density at radius 3 is 3.08 bits per heavy atom. The zero-order valence-corrected chi connectivity index (χ0v) is 7.48. The SMILES string of the molecule is OC[C@H]1CNC[C@@H]1c1ccccn1. The fourth-order valence-corrected chi connectivity index (χ4v) is 1.87. The molecule has 3 nitrogen and oxygen atoms in total. The maximum atomic E-state index is 9.13. The van der Waals surface area contributed by atoms with E-state index >= 15 is 0 Å². The van der Waals surface area contributed by atoms with Crippen LogP contribution in [0.2, 0.25) is 0 Å². The minimum absolute atomic E-state index is 0.244. The number of aliphatic hydroxyl groups excluding tert-OH is 1. The van der Waals surface area contributed by atoms with E-state index in [0.717, 1.165) is 18.8 Å². The van der Waals surface area contributed by atoms with Crippen molar-refractivity contribution in [3.63, 3.8) is 0 Å². The van der Waals surface area contributed by atoms with Crippen molar-refractivity contribution in [2.24, 2.45) is 5.92 Å². The maximum absolute atomic E-state index is 9.13. The Bertz CT molecular complexity index is 263. The highest BCUT2D eigenvalue weighted by molar-refractivity contribution is 5.13. The Morgan fingerprint density at radius 2 is 2.38 bits per heavy atom. The molecule has 3 heteroatoms. The summed E-state index contributed by atoms with van der Waals surface area (Å²) in [5.41, 5.74) is 1.09. The summed E-state index contributed by atoms with van der Waals surface area (Å²) in [4.78, 5) is 4.31. The molecule has 1 aliphatic rings. The average Bonchev–Trinajstić information content (AvgIpc) is 2.67. The van der Waals surface area contributed by atoms with Crippen LogP contribution >= 0.6 is 0 Å². The van der Waals surface area contributed by atoms with Crippen LogP contribution in [0.3, 0.4) is 0 Å². The first-order valence-electron chi connectivity index (χ1n) is 4.64. The first-order valence-corrected chi connectivity index (χ1v) is 4.64. The van der Waals surface area contributed by atoms with Gasteiger partial charge in [-0.2, -0.15) is 0 Å². The van der Waals surface area contributed by atoms with E-state index in [1.54, 1.807) is 0 Å². The largest absolute Gasteiger partial charge is 0.396 e. The molecule has 0 amide bonds. The van der Waals surface area contributed by atoms with E-state index in [1.165, 1.54) is 0 Å². The molecular weight excluding hydrogens is 164 g/mol. The molecule has 0 saturated carbocycles. The molecule has 13 heavy (non-hydrogen) atoms. The van der Waals surface area contributed by atoms with E-state index in [-0.39, 0.29) is 6.61 Å². The van der Waals surface area contributed by atoms with E-state index in [9.17, 15) is 0 Å². The number of pyridine rings is 1. The highest BCUT2D eigenvalue weighted by atomic mass is 16.3. The van der Waals surface area contributed by atoms with Crippen LogP contribution in [0.1, 0.15) is 11.6 Å². The zero-order valence-electron chi connectivity index (χ0n) is 7.48. The van der Waals surface area contributed by atoms with Crippen LogP contribution in [-0.4, -0.2) is 29.8 Å². The molecule has 1 fully saturated rings. The fourth-order valence-electron chi connectivity index (χ4n) is 1.87. The standard InChI is InChI=1S/C10H14N2O/c13-7-8-5-11-6-9(8)10-3-1-2-4-12-10/h1-4,8-9,11,13H,5-7H2/t8-,9+/m1/s1. The van der Waals surface area contributed by atoms with Crippen LogP contribution in [0.25, 0.3) is 0 Å². The Kier molecular flexibility index (Phi) is 2.57. The van der Waals surface area contributed by atoms with E-state index in [4.69, 9.17) is 5.11 Å². The van der Waals surface area contributed by atoms with Crippen molar-refractivity contribution in [1.82, 2.24) is 10.3 Å². The predicted octanol–water partition coefficient (Wildman–Crippen LogP) is 0.377. The monoisotopic (exact) mass is 178 g/mol. The predicted molar refractivity (Wildman–Crippen MR) is 50.4 cm³/mol. The van der Waals surface area contributed by atoms with Gasteiger partial charge in [-0.1, -0.05) is 6.07 Å². The molecule has 1 saturated heterocycles. The van der Waals surface area contributed by atoms with Gasteiger partial charge in [0.25, 0.3) is 0 Å². The van der Waals surface area contributed by atoms with Crippen molar-refractivity contribution < 1.29 is 5.11 Å². The highest BCUT2D eigenvalue weighted by Crippen LogP contribution is 2.25. The Balaban J connectivity index is 2.16. The first kappa shape index (κ1) is 8.66. The first-order chi connectivity index (χ1) is 6.42. The van der Waals surface area contributed by atoms with Crippen LogP contribution < -0.4 is 5.32 Å². The van der Waals surface area contributed by atoms with Gasteiger partial charge < -0.3 is 10.4 Å². The molecule has 0 aliphatic carbocycles. The van der Waals surface area contributed by atoms with Crippen LogP contribution in [0, 0.1) is 5.92 Å². The topological polar surface area (TPSA) is 45.1 Å². The van der Waals surface area contributed by atoms with E-state index in [0.29, 0.717) is 11.8 Å². The summed E-state index contributed by atoms with van der Waals surface area (Å²) in [6.45, 7) is 2.08. The Labute approximate surface area is 77.8 Å². The molecule has 0 aromatic carbocycles. The molecule has 0 bridgehead atoms. The number of aromatic nitrogens is 1. The maximum Gasteiger partial charge on any atom is 0.0478 e. The van der Waals surface area contributed by atoms with E-state index < -0.39 is 0 Å². The molecule has 2 rings (SSSR count). The smallest absolute Gasteiger partial charge is 0.0478 e. The number of nitrogens with zero attached hydrogens (tertiary/aromatic N) is 1. The summed E-state index contributed by atoms with van der Waals surface area (Å²) in [6, 6.07) is 5.94. The average molecular weight is 178 g/mol. The van der Waals surface area contributed by atoms with Crippen molar-refractivity contribution in [2.45, 2.75) is 5.92 Å². The van der Waals surface area contributed by atoms with Crippen molar-refractivity contribution >= 4 is 0 Å². The van der Waals surface area contributed by atoms with Gasteiger partial charge in [0.2, 0.25) is 0 Å². The summed E-state index contributed by atoms with van der Waals surface area (Å²) < 4.78 is 0. The van der Waals surface area contributed by atoms with Crippen LogP contribution in [-0.2, 0) is 0 Å². The van der Waals surface area contributed by atoms with Gasteiger partial charge in [-0.05, 0) is 12.1 Å². The van der Waals surface area contributed by atoms with Gasteiger partial charge in [0.05, 0.1) is 0 Å². The van der Waals surface area contributed by atoms with Gasteiger partial charge in [0.1, 0.15) is 0 Å². The molecule has 70 valence electrons. The molecule has 1 aromatic rings. The normalized spacial score (nSPS) is 27.8. The number of hydrogen-bond acceptors (Lipinski definition) is 3. The quantitative estimate of drug-likeness (QED) is 0.688. The van der Waals surface area contributed by atoms with Gasteiger partial charge in [-0.25, -0.2) is 0 Å². The third-order valence-corrected chi connectivity index (χ3v) is 2.64. The number of nitrogens with one attached hydrogen (secondary N) is 1. The molecule has 0 radical (unpaired) electrons. The lowest BCUT2D eigenvalue weighted by Crippen LogP contribution is -2.15. The van der Waals surface area contributed by atoms with Crippen molar-refractivity contribution in [3.8, 4) is 0 Å². The van der Waals surface area contributed by atoms with Crippen LogP contribution in [0.4, 0.5) is 0 Å². The van der Waals surface area contributed by atoms with Crippen LogP contribution in [0.5, 0.6) is 0 Å². The van der Waals surface area contributed by atoms with Crippen molar-refractivity contribution in [3.05, 3.63) is 30.1 Å². The number of aliphatic hydroxyl groups is 1. The van der Waals surface area contributed by atoms with Crippen molar-refractivity contribution in [1.29, 1.82) is 0 Å². The molecule has 1 aliphatic heterocycles. The van der Waals surface area contributed by atoms with Gasteiger partial charge in [0.15, 0.2) is 0 Å². The summed E-state index contributed by atoms with van der Waals surface area (Å²) >= 11 is 0. The molecular formula is C10H14N2O. The summed E-state index contributed by atoms with van der Waals surface area (Å²) in [5.74, 6) is 0.709. The zero-order chi connectivity index (χ0) is 9.10. The fraction of sp³-hybridized carbons (Fsp3) is 0.500. The third kappa shape index (κ3) is 1.71. The number of rotatable bonds is 2. The molecule has 0 unspecified atom stereocenters. The minimum atomic E-state index is 0.244. The summed E-state index contributed by atoms with van der Waals surface area (Å²) in [6.07, 6.45) is 1.81. The van der Waals surface area contributed by atoms with Gasteiger partial charge in [0, 0.05) is 43.4 Å². The second kappa shape index (κ2) is 3.85. The lowest BCUT2D eigenvalue weighted by molar-refractivity contribution is 0.225. The third-order valence-electron chi connectivity index (χ3n) is 2.64. The molecule has 2 atom stereocenters. The molecule has 1 aromatic heterocycles. The lowest BCUT2D eigenvalue weighted by Gasteiger charge is -2.14. The van der Waals surface area contributed by atoms with Crippen LogP contribution in [0.15, 0.2) is 24.4 Å². The van der Waals surface area contributed by atoms with Gasteiger partial charge >= 0.3 is 0 Å². The number of hydrogen-bond donors (Lipinski definition) is 2. The van der Waals surface area contributed by atoms with E-state index in [2.05, 4.69) is 10.3 Å². The molecule has 2 N–H and O–H groups in total. The van der Waals surface area contributed by atoms with Gasteiger partial charge in [-0.15, -0.1) is 0 Å². The second-order valence-corrected chi connectivity index (χ2v) is 3.46. The highest BCUT2D eigenvalue weighted by Gasteiger charge is 2.28. The minimum Gasteiger partial charge on any atom is -0.396 e.